The number of anilines is 1. The van der Waals surface area contributed by atoms with Gasteiger partial charge in [0.2, 0.25) is 0 Å². The van der Waals surface area contributed by atoms with Gasteiger partial charge in [-0.2, -0.15) is 5.26 Å². The van der Waals surface area contributed by atoms with Gasteiger partial charge in [0.1, 0.15) is 18.4 Å². The SMILES string of the molecule is CC(O)COc1ccc(N2CCNCC2)c(C#N)c1. The van der Waals surface area contributed by atoms with Crippen molar-refractivity contribution in [2.45, 2.75) is 13.0 Å². The van der Waals surface area contributed by atoms with Gasteiger partial charge < -0.3 is 20.1 Å². The number of rotatable bonds is 4. The fourth-order valence-electron chi connectivity index (χ4n) is 2.09. The molecule has 1 fully saturated rings. The van der Waals surface area contributed by atoms with E-state index in [2.05, 4.69) is 16.3 Å². The summed E-state index contributed by atoms with van der Waals surface area (Å²) in [7, 11) is 0. The van der Waals surface area contributed by atoms with Gasteiger partial charge in [0.25, 0.3) is 0 Å². The summed E-state index contributed by atoms with van der Waals surface area (Å²) in [6.07, 6.45) is -0.515. The lowest BCUT2D eigenvalue weighted by Crippen LogP contribution is -2.43. The number of ether oxygens (including phenoxy) is 1. The smallest absolute Gasteiger partial charge is 0.120 e. The highest BCUT2D eigenvalue weighted by atomic mass is 16.5. The first-order chi connectivity index (χ1) is 9.20. The van der Waals surface area contributed by atoms with Crippen molar-refractivity contribution >= 4 is 5.69 Å². The molecule has 1 aromatic carbocycles. The van der Waals surface area contributed by atoms with E-state index in [1.165, 1.54) is 0 Å². The molecule has 1 atom stereocenters. The van der Waals surface area contributed by atoms with Crippen molar-refractivity contribution in [3.63, 3.8) is 0 Å². The van der Waals surface area contributed by atoms with Crippen LogP contribution in [0.5, 0.6) is 5.75 Å². The zero-order chi connectivity index (χ0) is 13.7. The minimum absolute atomic E-state index is 0.234. The van der Waals surface area contributed by atoms with Crippen molar-refractivity contribution in [1.29, 1.82) is 5.26 Å². The molecule has 0 aromatic heterocycles. The lowest BCUT2D eigenvalue weighted by molar-refractivity contribution is 0.122. The van der Waals surface area contributed by atoms with E-state index < -0.39 is 6.10 Å². The van der Waals surface area contributed by atoms with Gasteiger partial charge >= 0.3 is 0 Å². The first-order valence-corrected chi connectivity index (χ1v) is 6.51. The van der Waals surface area contributed by atoms with E-state index in [1.54, 1.807) is 13.0 Å². The van der Waals surface area contributed by atoms with E-state index >= 15 is 0 Å². The lowest BCUT2D eigenvalue weighted by Gasteiger charge is -2.30. The molecule has 2 rings (SSSR count). The van der Waals surface area contributed by atoms with Gasteiger partial charge in [0, 0.05) is 26.2 Å². The number of nitrogens with one attached hydrogen (secondary N) is 1. The maximum absolute atomic E-state index is 9.25. The first kappa shape index (κ1) is 13.7. The molecule has 2 N–H and O–H groups in total. The van der Waals surface area contributed by atoms with Crippen molar-refractivity contribution < 1.29 is 9.84 Å². The second kappa shape index (κ2) is 6.41. The number of aliphatic hydroxyl groups excluding tert-OH is 1. The number of benzene rings is 1. The molecule has 0 radical (unpaired) electrons. The third-order valence-electron chi connectivity index (χ3n) is 3.04. The average Bonchev–Trinajstić information content (AvgIpc) is 2.45. The Hall–Kier alpha value is -1.77. The standard InChI is InChI=1S/C14H19N3O2/c1-11(18)10-19-13-2-3-14(12(8-13)9-15)17-6-4-16-5-7-17/h2-3,8,11,16,18H,4-7,10H2,1H3. The molecule has 1 aromatic rings. The maximum Gasteiger partial charge on any atom is 0.120 e. The molecule has 5 heteroatoms. The molecule has 5 nitrogen and oxygen atoms in total. The highest BCUT2D eigenvalue weighted by Gasteiger charge is 2.14. The summed E-state index contributed by atoms with van der Waals surface area (Å²) in [5, 5.41) is 21.7. The van der Waals surface area contributed by atoms with E-state index in [0.717, 1.165) is 31.9 Å². The Morgan fingerprint density at radius 3 is 2.84 bits per heavy atom. The van der Waals surface area contributed by atoms with Crippen molar-refractivity contribution in [1.82, 2.24) is 5.32 Å². The predicted molar refractivity (Wildman–Crippen MR) is 73.4 cm³/mol. The zero-order valence-electron chi connectivity index (χ0n) is 11.1. The molecule has 19 heavy (non-hydrogen) atoms. The molecule has 1 saturated heterocycles. The third kappa shape index (κ3) is 3.60. The van der Waals surface area contributed by atoms with E-state index in [1.807, 2.05) is 12.1 Å². The molecule has 1 aliphatic rings. The van der Waals surface area contributed by atoms with Gasteiger partial charge in [-0.3, -0.25) is 0 Å². The van der Waals surface area contributed by atoms with Crippen LogP contribution in [0, 0.1) is 11.3 Å². The summed E-state index contributed by atoms with van der Waals surface area (Å²) < 4.78 is 5.42. The van der Waals surface area contributed by atoms with Gasteiger partial charge in [-0.1, -0.05) is 0 Å². The van der Waals surface area contributed by atoms with Crippen LogP contribution in [0.2, 0.25) is 0 Å². The normalized spacial score (nSPS) is 16.8. The van der Waals surface area contributed by atoms with Crippen LogP contribution in [0.15, 0.2) is 18.2 Å². The monoisotopic (exact) mass is 261 g/mol. The minimum atomic E-state index is -0.515. The molecule has 1 unspecified atom stereocenters. The van der Waals surface area contributed by atoms with Gasteiger partial charge in [0.05, 0.1) is 17.4 Å². The van der Waals surface area contributed by atoms with Gasteiger partial charge in [-0.25, -0.2) is 0 Å². The number of hydrogen-bond donors (Lipinski definition) is 2. The Morgan fingerprint density at radius 2 is 2.21 bits per heavy atom. The zero-order valence-corrected chi connectivity index (χ0v) is 11.1. The third-order valence-corrected chi connectivity index (χ3v) is 3.04. The minimum Gasteiger partial charge on any atom is -0.491 e. The molecular formula is C14H19N3O2. The van der Waals surface area contributed by atoms with Gasteiger partial charge in [0.15, 0.2) is 0 Å². The van der Waals surface area contributed by atoms with E-state index in [4.69, 9.17) is 4.74 Å². The predicted octanol–water partition coefficient (Wildman–Crippen LogP) is 0.727. The highest BCUT2D eigenvalue weighted by molar-refractivity contribution is 5.61. The lowest BCUT2D eigenvalue weighted by atomic mass is 10.1. The Bertz CT molecular complexity index is 462. The Morgan fingerprint density at radius 1 is 1.47 bits per heavy atom. The fourth-order valence-corrected chi connectivity index (χ4v) is 2.09. The summed E-state index contributed by atoms with van der Waals surface area (Å²) in [4.78, 5) is 2.20. The molecule has 0 amide bonds. The van der Waals surface area contributed by atoms with E-state index in [9.17, 15) is 10.4 Å². The number of piperazine rings is 1. The topological polar surface area (TPSA) is 68.5 Å². The second-order valence-electron chi connectivity index (χ2n) is 4.69. The number of hydrogen-bond acceptors (Lipinski definition) is 5. The molecule has 0 aliphatic carbocycles. The van der Waals surface area contributed by atoms with Crippen molar-refractivity contribution in [2.75, 3.05) is 37.7 Å². The Kier molecular flexibility index (Phi) is 4.61. The Balaban J connectivity index is 2.14. The van der Waals surface area contributed by atoms with Crippen LogP contribution in [0.25, 0.3) is 0 Å². The van der Waals surface area contributed by atoms with Crippen molar-refractivity contribution in [2.24, 2.45) is 0 Å². The molecule has 0 saturated carbocycles. The maximum atomic E-state index is 9.25. The first-order valence-electron chi connectivity index (χ1n) is 6.51. The Labute approximate surface area is 113 Å². The van der Waals surface area contributed by atoms with Crippen LogP contribution >= 0.6 is 0 Å². The largest absolute Gasteiger partial charge is 0.491 e. The molecule has 0 spiro atoms. The van der Waals surface area contributed by atoms with Crippen LogP contribution in [0.4, 0.5) is 5.69 Å². The van der Waals surface area contributed by atoms with Crippen LogP contribution in [0.3, 0.4) is 0 Å². The molecule has 0 bridgehead atoms. The van der Waals surface area contributed by atoms with Gasteiger partial charge in [-0.05, 0) is 25.1 Å². The average molecular weight is 261 g/mol. The summed E-state index contributed by atoms with van der Waals surface area (Å²) in [5.41, 5.74) is 1.57. The summed E-state index contributed by atoms with van der Waals surface area (Å²) in [5.74, 6) is 0.622. The molecule has 102 valence electrons. The number of nitriles is 1. The summed E-state index contributed by atoms with van der Waals surface area (Å²) in [6, 6.07) is 7.72. The van der Waals surface area contributed by atoms with Crippen LogP contribution < -0.4 is 15.0 Å². The van der Waals surface area contributed by atoms with E-state index in [-0.39, 0.29) is 6.61 Å². The molecule has 1 heterocycles. The molecule has 1 aliphatic heterocycles. The van der Waals surface area contributed by atoms with Crippen LogP contribution in [-0.2, 0) is 0 Å². The quantitative estimate of drug-likeness (QED) is 0.836. The fraction of sp³-hybridized carbons (Fsp3) is 0.500. The van der Waals surface area contributed by atoms with Crippen LogP contribution in [-0.4, -0.2) is 44.0 Å². The van der Waals surface area contributed by atoms with Crippen molar-refractivity contribution in [3.8, 4) is 11.8 Å². The second-order valence-corrected chi connectivity index (χ2v) is 4.69. The highest BCUT2D eigenvalue weighted by Crippen LogP contribution is 2.25. The van der Waals surface area contributed by atoms with E-state index in [0.29, 0.717) is 11.3 Å². The van der Waals surface area contributed by atoms with Crippen LogP contribution in [0.1, 0.15) is 12.5 Å². The number of aliphatic hydroxyl groups is 1. The summed E-state index contributed by atoms with van der Waals surface area (Å²) >= 11 is 0. The number of nitrogens with zero attached hydrogens (tertiary/aromatic N) is 2. The van der Waals surface area contributed by atoms with Crippen molar-refractivity contribution in [3.05, 3.63) is 23.8 Å². The van der Waals surface area contributed by atoms with Gasteiger partial charge in [-0.15, -0.1) is 0 Å². The molecular weight excluding hydrogens is 242 g/mol. The summed E-state index contributed by atoms with van der Waals surface area (Å²) in [6.45, 7) is 5.58.